The maximum absolute atomic E-state index is 12.3. The summed E-state index contributed by atoms with van der Waals surface area (Å²) in [4.78, 5) is 15.7. The van der Waals surface area contributed by atoms with Crippen molar-refractivity contribution in [2.75, 3.05) is 13.2 Å². The molecule has 0 N–H and O–H groups in total. The van der Waals surface area contributed by atoms with Gasteiger partial charge in [-0.2, -0.15) is 0 Å². The fraction of sp³-hybridized carbons (Fsp3) is 0.389. The van der Waals surface area contributed by atoms with Crippen molar-refractivity contribution in [2.24, 2.45) is 0 Å². The Balaban J connectivity index is 1.52. The minimum absolute atomic E-state index is 0.183. The van der Waals surface area contributed by atoms with Crippen molar-refractivity contribution in [1.82, 2.24) is 4.90 Å². The lowest BCUT2D eigenvalue weighted by Gasteiger charge is -2.27. The Morgan fingerprint density at radius 3 is 3.05 bits per heavy atom. The first-order valence-corrected chi connectivity index (χ1v) is 8.54. The Labute approximate surface area is 135 Å². The van der Waals surface area contributed by atoms with E-state index in [4.69, 9.17) is 4.74 Å². The van der Waals surface area contributed by atoms with Crippen LogP contribution < -0.4 is 4.74 Å². The molecule has 22 heavy (non-hydrogen) atoms. The normalized spacial score (nSPS) is 13.8. The summed E-state index contributed by atoms with van der Waals surface area (Å²) in [5.74, 6) is 1.06. The number of nitrogens with zero attached hydrogens (tertiary/aromatic N) is 1. The maximum Gasteiger partial charge on any atom is 0.226 e. The molecule has 1 aliphatic rings. The molecule has 0 saturated carbocycles. The van der Waals surface area contributed by atoms with Gasteiger partial charge in [-0.05, 0) is 54.5 Å². The molecule has 1 aromatic carbocycles. The standard InChI is InChI=1S/C18H21NO2S/c1-13-3-4-14(2)16(11-13)21-9-6-18(20)19-8-5-17-15(12-19)7-10-22-17/h3-4,7,10-11H,5-6,8-9,12H2,1-2H3. The van der Waals surface area contributed by atoms with Crippen molar-refractivity contribution in [3.8, 4) is 5.75 Å². The molecule has 2 aromatic rings. The number of rotatable bonds is 4. The molecule has 4 heteroatoms. The summed E-state index contributed by atoms with van der Waals surface area (Å²) in [6.45, 7) is 6.09. The molecule has 3 rings (SSSR count). The molecule has 116 valence electrons. The lowest BCUT2D eigenvalue weighted by Crippen LogP contribution is -2.36. The molecule has 1 aliphatic heterocycles. The van der Waals surface area contributed by atoms with Crippen molar-refractivity contribution in [3.05, 3.63) is 51.2 Å². The van der Waals surface area contributed by atoms with Gasteiger partial charge in [0.05, 0.1) is 13.0 Å². The van der Waals surface area contributed by atoms with Gasteiger partial charge in [0.15, 0.2) is 0 Å². The largest absolute Gasteiger partial charge is 0.493 e. The minimum atomic E-state index is 0.183. The highest BCUT2D eigenvalue weighted by Gasteiger charge is 2.21. The number of hydrogen-bond acceptors (Lipinski definition) is 3. The zero-order valence-corrected chi connectivity index (χ0v) is 13.9. The van der Waals surface area contributed by atoms with Crippen molar-refractivity contribution >= 4 is 17.2 Å². The molecule has 2 heterocycles. The number of amides is 1. The van der Waals surface area contributed by atoms with Crippen molar-refractivity contribution in [1.29, 1.82) is 0 Å². The van der Waals surface area contributed by atoms with Crippen molar-refractivity contribution in [2.45, 2.75) is 33.2 Å². The van der Waals surface area contributed by atoms with E-state index in [1.54, 1.807) is 11.3 Å². The Morgan fingerprint density at radius 2 is 2.18 bits per heavy atom. The number of aryl methyl sites for hydroxylation is 2. The molecule has 3 nitrogen and oxygen atoms in total. The van der Waals surface area contributed by atoms with Crippen LogP contribution in [0.15, 0.2) is 29.6 Å². The highest BCUT2D eigenvalue weighted by molar-refractivity contribution is 7.10. The summed E-state index contributed by atoms with van der Waals surface area (Å²) in [7, 11) is 0. The van der Waals surface area contributed by atoms with Crippen LogP contribution in [-0.2, 0) is 17.8 Å². The zero-order valence-electron chi connectivity index (χ0n) is 13.1. The summed E-state index contributed by atoms with van der Waals surface area (Å²) in [6.07, 6.45) is 1.42. The number of hydrogen-bond donors (Lipinski definition) is 0. The second-order valence-electron chi connectivity index (χ2n) is 5.80. The molecule has 1 amide bonds. The molecule has 0 radical (unpaired) electrons. The third kappa shape index (κ3) is 3.33. The molecule has 0 unspecified atom stereocenters. The quantitative estimate of drug-likeness (QED) is 0.860. The van der Waals surface area contributed by atoms with Gasteiger partial charge in [-0.15, -0.1) is 11.3 Å². The van der Waals surface area contributed by atoms with Crippen LogP contribution in [0.2, 0.25) is 0 Å². The Hall–Kier alpha value is -1.81. The van der Waals surface area contributed by atoms with Crippen LogP contribution in [0, 0.1) is 13.8 Å². The maximum atomic E-state index is 12.3. The van der Waals surface area contributed by atoms with E-state index in [0.29, 0.717) is 13.0 Å². The second kappa shape index (κ2) is 6.53. The van der Waals surface area contributed by atoms with Gasteiger partial charge in [-0.3, -0.25) is 4.79 Å². The highest BCUT2D eigenvalue weighted by atomic mass is 32.1. The lowest BCUT2D eigenvalue weighted by atomic mass is 10.1. The van der Waals surface area contributed by atoms with Gasteiger partial charge in [0.1, 0.15) is 5.75 Å². The molecule has 0 spiro atoms. The number of thiophene rings is 1. The zero-order chi connectivity index (χ0) is 15.5. The van der Waals surface area contributed by atoms with E-state index in [0.717, 1.165) is 30.8 Å². The van der Waals surface area contributed by atoms with E-state index in [1.807, 2.05) is 24.8 Å². The first-order chi connectivity index (χ1) is 10.6. The number of carbonyl (C=O) groups is 1. The summed E-state index contributed by atoms with van der Waals surface area (Å²) >= 11 is 1.79. The second-order valence-corrected chi connectivity index (χ2v) is 6.80. The third-order valence-electron chi connectivity index (χ3n) is 4.08. The minimum Gasteiger partial charge on any atom is -0.493 e. The monoisotopic (exact) mass is 315 g/mol. The molecule has 0 aliphatic carbocycles. The summed E-state index contributed by atoms with van der Waals surface area (Å²) in [5, 5.41) is 2.11. The van der Waals surface area contributed by atoms with Crippen molar-refractivity contribution < 1.29 is 9.53 Å². The Kier molecular flexibility index (Phi) is 4.48. The van der Waals surface area contributed by atoms with E-state index >= 15 is 0 Å². The number of carbonyl (C=O) groups excluding carboxylic acids is 1. The predicted octanol–water partition coefficient (Wildman–Crippen LogP) is 3.72. The molecular weight excluding hydrogens is 294 g/mol. The Morgan fingerprint density at radius 1 is 1.32 bits per heavy atom. The molecular formula is C18H21NO2S. The van der Waals surface area contributed by atoms with E-state index < -0.39 is 0 Å². The van der Waals surface area contributed by atoms with E-state index in [-0.39, 0.29) is 5.91 Å². The SMILES string of the molecule is Cc1ccc(C)c(OCCC(=O)N2CCc3sccc3C2)c1. The Bertz CT molecular complexity index is 677. The smallest absolute Gasteiger partial charge is 0.226 e. The lowest BCUT2D eigenvalue weighted by molar-refractivity contribution is -0.132. The van der Waals surface area contributed by atoms with E-state index in [2.05, 4.69) is 23.6 Å². The molecule has 0 fully saturated rings. The average Bonchev–Trinajstić information content (AvgIpc) is 2.98. The number of fused-ring (bicyclic) bond motifs is 1. The first kappa shape index (κ1) is 15.1. The average molecular weight is 315 g/mol. The van der Waals surface area contributed by atoms with Crippen LogP contribution in [0.4, 0.5) is 0 Å². The topological polar surface area (TPSA) is 29.5 Å². The van der Waals surface area contributed by atoms with Crippen LogP contribution in [0.5, 0.6) is 5.75 Å². The first-order valence-electron chi connectivity index (χ1n) is 7.66. The number of ether oxygens (including phenoxy) is 1. The highest BCUT2D eigenvalue weighted by Crippen LogP contribution is 2.24. The molecule has 0 atom stereocenters. The summed E-state index contributed by atoms with van der Waals surface area (Å²) in [5.41, 5.74) is 3.59. The van der Waals surface area contributed by atoms with E-state index in [9.17, 15) is 4.79 Å². The van der Waals surface area contributed by atoms with Gasteiger partial charge in [-0.1, -0.05) is 12.1 Å². The van der Waals surface area contributed by atoms with Crippen LogP contribution in [0.1, 0.15) is 28.0 Å². The fourth-order valence-corrected chi connectivity index (χ4v) is 3.62. The molecule has 0 saturated heterocycles. The number of benzene rings is 1. The van der Waals surface area contributed by atoms with Gasteiger partial charge in [0.2, 0.25) is 5.91 Å². The van der Waals surface area contributed by atoms with Crippen LogP contribution in [0.3, 0.4) is 0 Å². The molecule has 1 aromatic heterocycles. The van der Waals surface area contributed by atoms with Crippen LogP contribution in [-0.4, -0.2) is 24.0 Å². The van der Waals surface area contributed by atoms with Crippen molar-refractivity contribution in [3.63, 3.8) is 0 Å². The van der Waals surface area contributed by atoms with Crippen LogP contribution >= 0.6 is 11.3 Å². The fourth-order valence-electron chi connectivity index (χ4n) is 2.73. The van der Waals surface area contributed by atoms with Gasteiger partial charge < -0.3 is 9.64 Å². The van der Waals surface area contributed by atoms with Gasteiger partial charge in [0, 0.05) is 18.0 Å². The predicted molar refractivity (Wildman–Crippen MR) is 89.5 cm³/mol. The van der Waals surface area contributed by atoms with Gasteiger partial charge >= 0.3 is 0 Å². The molecule has 0 bridgehead atoms. The van der Waals surface area contributed by atoms with Crippen LogP contribution in [0.25, 0.3) is 0 Å². The van der Waals surface area contributed by atoms with Gasteiger partial charge in [0.25, 0.3) is 0 Å². The van der Waals surface area contributed by atoms with E-state index in [1.165, 1.54) is 16.0 Å². The third-order valence-corrected chi connectivity index (χ3v) is 5.10. The summed E-state index contributed by atoms with van der Waals surface area (Å²) < 4.78 is 5.79. The van der Waals surface area contributed by atoms with Gasteiger partial charge in [-0.25, -0.2) is 0 Å². The summed E-state index contributed by atoms with van der Waals surface area (Å²) in [6, 6.07) is 8.28.